The molecular formula is C14H12ClN5O2S. The highest BCUT2D eigenvalue weighted by molar-refractivity contribution is 7.11. The van der Waals surface area contributed by atoms with Crippen molar-refractivity contribution in [3.8, 4) is 11.6 Å². The fraction of sp³-hybridized carbons (Fsp3) is 0.143. The molecule has 1 aromatic carbocycles. The number of hydrogen-bond acceptors (Lipinski definition) is 6. The van der Waals surface area contributed by atoms with Gasteiger partial charge in [0.15, 0.2) is 0 Å². The number of carbonyl (C=O) groups is 1. The summed E-state index contributed by atoms with van der Waals surface area (Å²) in [7, 11) is 0. The summed E-state index contributed by atoms with van der Waals surface area (Å²) in [5.41, 5.74) is 1.23. The molecule has 2 amide bonds. The number of rotatable bonds is 3. The predicted octanol–water partition coefficient (Wildman–Crippen LogP) is 4.11. The lowest BCUT2D eigenvalue weighted by Gasteiger charge is -2.04. The minimum absolute atomic E-state index is 0.00323. The highest BCUT2D eigenvalue weighted by Crippen LogP contribution is 2.27. The molecule has 0 fully saturated rings. The molecule has 2 aromatic heterocycles. The highest BCUT2D eigenvalue weighted by Gasteiger charge is 2.16. The Morgan fingerprint density at radius 3 is 2.57 bits per heavy atom. The Bertz CT molecular complexity index is 843. The third kappa shape index (κ3) is 3.66. The van der Waals surface area contributed by atoms with Crippen LogP contribution in [0.1, 0.15) is 9.88 Å². The minimum atomic E-state index is -0.492. The van der Waals surface area contributed by atoms with E-state index in [1.165, 1.54) is 0 Å². The van der Waals surface area contributed by atoms with Crippen LogP contribution in [0.3, 0.4) is 0 Å². The van der Waals surface area contributed by atoms with Gasteiger partial charge in [-0.15, -0.1) is 16.4 Å². The number of thiazole rings is 1. The van der Waals surface area contributed by atoms with Crippen molar-refractivity contribution in [1.29, 1.82) is 0 Å². The second-order valence-electron chi connectivity index (χ2n) is 4.64. The van der Waals surface area contributed by atoms with Gasteiger partial charge < -0.3 is 9.73 Å². The van der Waals surface area contributed by atoms with Crippen LogP contribution in [-0.2, 0) is 0 Å². The fourth-order valence-corrected chi connectivity index (χ4v) is 2.83. The fourth-order valence-electron chi connectivity index (χ4n) is 1.89. The topological polar surface area (TPSA) is 92.9 Å². The van der Waals surface area contributed by atoms with E-state index < -0.39 is 6.03 Å². The molecule has 0 bridgehead atoms. The Kier molecular flexibility index (Phi) is 4.26. The Morgan fingerprint density at radius 2 is 1.91 bits per heavy atom. The number of aryl methyl sites for hydroxylation is 2. The van der Waals surface area contributed by atoms with E-state index in [4.69, 9.17) is 16.0 Å². The van der Waals surface area contributed by atoms with Crippen LogP contribution in [-0.4, -0.2) is 21.2 Å². The summed E-state index contributed by atoms with van der Waals surface area (Å²) in [6, 6.07) is 6.22. The van der Waals surface area contributed by atoms with Crippen LogP contribution in [0.4, 0.5) is 16.5 Å². The van der Waals surface area contributed by atoms with Crippen molar-refractivity contribution < 1.29 is 9.21 Å². The molecule has 0 radical (unpaired) electrons. The first-order valence-corrected chi connectivity index (χ1v) is 7.82. The normalized spacial score (nSPS) is 10.6. The van der Waals surface area contributed by atoms with Crippen LogP contribution in [0, 0.1) is 13.8 Å². The van der Waals surface area contributed by atoms with Crippen LogP contribution in [0.25, 0.3) is 11.6 Å². The SMILES string of the molecule is Cc1nc(-c2nnc(NC(=O)Nc3ccc(Cl)cc3)o2)c(C)s1. The zero-order chi connectivity index (χ0) is 16.4. The number of hydrogen-bond donors (Lipinski definition) is 2. The van der Waals surface area contributed by atoms with Crippen LogP contribution in [0.2, 0.25) is 5.02 Å². The van der Waals surface area contributed by atoms with Crippen molar-refractivity contribution in [1.82, 2.24) is 15.2 Å². The summed E-state index contributed by atoms with van der Waals surface area (Å²) >= 11 is 7.33. The smallest absolute Gasteiger partial charge is 0.327 e. The number of amides is 2. The van der Waals surface area contributed by atoms with E-state index >= 15 is 0 Å². The van der Waals surface area contributed by atoms with E-state index in [-0.39, 0.29) is 11.9 Å². The van der Waals surface area contributed by atoms with Gasteiger partial charge in [-0.1, -0.05) is 16.7 Å². The van der Waals surface area contributed by atoms with Crippen molar-refractivity contribution in [2.24, 2.45) is 0 Å². The number of anilines is 2. The van der Waals surface area contributed by atoms with Gasteiger partial charge in [0.2, 0.25) is 0 Å². The van der Waals surface area contributed by atoms with E-state index in [2.05, 4.69) is 25.8 Å². The van der Waals surface area contributed by atoms with Crippen molar-refractivity contribution in [2.75, 3.05) is 10.6 Å². The molecule has 2 heterocycles. The van der Waals surface area contributed by atoms with Gasteiger partial charge in [0.1, 0.15) is 5.69 Å². The lowest BCUT2D eigenvalue weighted by Crippen LogP contribution is -2.19. The highest BCUT2D eigenvalue weighted by atomic mass is 35.5. The van der Waals surface area contributed by atoms with Crippen LogP contribution < -0.4 is 10.6 Å². The van der Waals surface area contributed by atoms with Gasteiger partial charge in [-0.2, -0.15) is 0 Å². The van der Waals surface area contributed by atoms with E-state index in [9.17, 15) is 4.79 Å². The maximum atomic E-state index is 11.9. The molecule has 0 aliphatic carbocycles. The molecule has 0 aliphatic rings. The van der Waals surface area contributed by atoms with Crippen LogP contribution in [0.5, 0.6) is 0 Å². The summed E-state index contributed by atoms with van der Waals surface area (Å²) in [5.74, 6) is 0.272. The minimum Gasteiger partial charge on any atom is -0.401 e. The number of urea groups is 1. The lowest BCUT2D eigenvalue weighted by atomic mass is 10.3. The number of nitrogens with zero attached hydrogens (tertiary/aromatic N) is 3. The third-order valence-electron chi connectivity index (χ3n) is 2.85. The van der Waals surface area contributed by atoms with Crippen LogP contribution >= 0.6 is 22.9 Å². The van der Waals surface area contributed by atoms with Gasteiger partial charge in [-0.05, 0) is 38.1 Å². The van der Waals surface area contributed by atoms with Gasteiger partial charge in [0, 0.05) is 15.6 Å². The van der Waals surface area contributed by atoms with Crippen LogP contribution in [0.15, 0.2) is 28.7 Å². The molecule has 7 nitrogen and oxygen atoms in total. The van der Waals surface area contributed by atoms with Gasteiger partial charge >= 0.3 is 12.0 Å². The summed E-state index contributed by atoms with van der Waals surface area (Å²) in [5, 5.41) is 14.3. The molecule has 0 unspecified atom stereocenters. The molecule has 23 heavy (non-hydrogen) atoms. The molecular weight excluding hydrogens is 338 g/mol. The molecule has 0 aliphatic heterocycles. The van der Waals surface area contributed by atoms with Crippen molar-refractivity contribution in [2.45, 2.75) is 13.8 Å². The molecule has 0 saturated heterocycles. The standard InChI is InChI=1S/C14H12ClN5O2S/c1-7-11(16-8(2)23-7)12-19-20-14(22-12)18-13(21)17-10-5-3-9(15)4-6-10/h3-6H,1-2H3,(H2,17,18,20,21). The Balaban J connectivity index is 1.68. The molecule has 118 valence electrons. The van der Waals surface area contributed by atoms with E-state index in [1.807, 2.05) is 13.8 Å². The predicted molar refractivity (Wildman–Crippen MR) is 89.0 cm³/mol. The Labute approximate surface area is 140 Å². The first-order chi connectivity index (χ1) is 11.0. The number of nitrogens with one attached hydrogen (secondary N) is 2. The first-order valence-electron chi connectivity index (χ1n) is 6.63. The molecule has 0 saturated carbocycles. The first kappa shape index (κ1) is 15.4. The number of aromatic nitrogens is 3. The van der Waals surface area contributed by atoms with Crippen molar-refractivity contribution in [3.05, 3.63) is 39.2 Å². The molecule has 0 atom stereocenters. The van der Waals surface area contributed by atoms with Gasteiger partial charge in [0.25, 0.3) is 5.89 Å². The Morgan fingerprint density at radius 1 is 1.17 bits per heavy atom. The molecule has 3 rings (SSSR count). The number of benzene rings is 1. The summed E-state index contributed by atoms with van der Waals surface area (Å²) in [4.78, 5) is 17.2. The number of carbonyl (C=O) groups excluding carboxylic acids is 1. The van der Waals surface area contributed by atoms with Crippen molar-refractivity contribution in [3.63, 3.8) is 0 Å². The average Bonchev–Trinajstić information content (AvgIpc) is 3.07. The molecule has 2 N–H and O–H groups in total. The van der Waals surface area contributed by atoms with E-state index in [1.54, 1.807) is 35.6 Å². The monoisotopic (exact) mass is 349 g/mol. The maximum absolute atomic E-state index is 11.9. The largest absolute Gasteiger partial charge is 0.401 e. The lowest BCUT2D eigenvalue weighted by molar-refractivity contribution is 0.261. The van der Waals surface area contributed by atoms with Gasteiger partial charge in [-0.25, -0.2) is 9.78 Å². The molecule has 3 aromatic rings. The second kappa shape index (κ2) is 6.35. The molecule has 9 heteroatoms. The maximum Gasteiger partial charge on any atom is 0.327 e. The van der Waals surface area contributed by atoms with E-state index in [0.29, 0.717) is 16.4 Å². The second-order valence-corrected chi connectivity index (χ2v) is 6.48. The quantitative estimate of drug-likeness (QED) is 0.742. The molecule has 0 spiro atoms. The van der Waals surface area contributed by atoms with Gasteiger partial charge in [0.05, 0.1) is 5.01 Å². The average molecular weight is 350 g/mol. The third-order valence-corrected chi connectivity index (χ3v) is 3.99. The Hall–Kier alpha value is -2.45. The summed E-state index contributed by atoms with van der Waals surface area (Å²) in [6.45, 7) is 3.82. The zero-order valence-electron chi connectivity index (χ0n) is 12.3. The number of halogens is 1. The van der Waals surface area contributed by atoms with E-state index in [0.717, 1.165) is 9.88 Å². The van der Waals surface area contributed by atoms with Crippen molar-refractivity contribution >= 4 is 40.7 Å². The summed E-state index contributed by atoms with van der Waals surface area (Å²) < 4.78 is 5.42. The zero-order valence-corrected chi connectivity index (χ0v) is 13.8. The summed E-state index contributed by atoms with van der Waals surface area (Å²) in [6.07, 6.45) is 0. The van der Waals surface area contributed by atoms with Gasteiger partial charge in [-0.3, -0.25) is 5.32 Å².